The van der Waals surface area contributed by atoms with Crippen LogP contribution in [0.3, 0.4) is 0 Å². The molecule has 5 nitrogen and oxygen atoms in total. The van der Waals surface area contributed by atoms with Gasteiger partial charge in [0, 0.05) is 5.69 Å². The van der Waals surface area contributed by atoms with Crippen LogP contribution in [0.5, 0.6) is 5.75 Å². The van der Waals surface area contributed by atoms with Gasteiger partial charge in [-0.1, -0.05) is 0 Å². The highest BCUT2D eigenvalue weighted by Gasteiger charge is 2.67. The van der Waals surface area contributed by atoms with E-state index in [2.05, 4.69) is 10.6 Å². The molecule has 0 spiro atoms. The molecule has 1 atom stereocenters. The fraction of sp³-hybridized carbons (Fsp3) is 0.385. The van der Waals surface area contributed by atoms with Gasteiger partial charge in [-0.15, -0.1) is 23.2 Å². The number of ether oxygens (including phenoxy) is 1. The molecule has 1 aromatic carbocycles. The molecule has 7 heteroatoms. The van der Waals surface area contributed by atoms with Crippen molar-refractivity contribution in [3.05, 3.63) is 18.2 Å². The first-order valence-electron chi connectivity index (χ1n) is 6.08. The van der Waals surface area contributed by atoms with E-state index in [0.717, 1.165) is 0 Å². The Morgan fingerprint density at radius 2 is 2.15 bits per heavy atom. The predicted octanol–water partition coefficient (Wildman–Crippen LogP) is 2.54. The van der Waals surface area contributed by atoms with Crippen LogP contribution in [0, 0.1) is 5.41 Å². The van der Waals surface area contributed by atoms with E-state index in [1.54, 1.807) is 25.1 Å². The number of nitrogens with one attached hydrogen (secondary N) is 2. The molecule has 3 rings (SSSR count). The molecule has 0 saturated heterocycles. The Hall–Kier alpha value is -1.46. The SMILES string of the molecule is CC1(C(=O)Nc2ccc3c(c2)NC(=O)CO3)CC1(Cl)Cl. The van der Waals surface area contributed by atoms with E-state index in [0.29, 0.717) is 23.5 Å². The molecule has 0 aromatic heterocycles. The van der Waals surface area contributed by atoms with Crippen molar-refractivity contribution in [3.63, 3.8) is 0 Å². The number of rotatable bonds is 2. The molecule has 20 heavy (non-hydrogen) atoms. The van der Waals surface area contributed by atoms with Gasteiger partial charge in [0.2, 0.25) is 5.91 Å². The minimum Gasteiger partial charge on any atom is -0.482 e. The highest BCUT2D eigenvalue weighted by atomic mass is 35.5. The zero-order valence-corrected chi connectivity index (χ0v) is 12.1. The van der Waals surface area contributed by atoms with Crippen LogP contribution in [0.2, 0.25) is 0 Å². The van der Waals surface area contributed by atoms with Crippen LogP contribution in [0.25, 0.3) is 0 Å². The summed E-state index contributed by atoms with van der Waals surface area (Å²) >= 11 is 11.9. The second-order valence-electron chi connectivity index (χ2n) is 5.22. The number of anilines is 2. The second kappa shape index (κ2) is 4.27. The Morgan fingerprint density at radius 1 is 1.45 bits per heavy atom. The standard InChI is InChI=1S/C13H12Cl2N2O3/c1-12(6-13(12,14)15)11(19)16-7-2-3-9-8(4-7)17-10(18)5-20-9/h2-4H,5-6H2,1H3,(H,16,19)(H,17,18). The van der Waals surface area contributed by atoms with Gasteiger partial charge >= 0.3 is 0 Å². The van der Waals surface area contributed by atoms with Crippen LogP contribution < -0.4 is 15.4 Å². The normalized spacial score (nSPS) is 26.1. The fourth-order valence-electron chi connectivity index (χ4n) is 2.08. The number of benzene rings is 1. The van der Waals surface area contributed by atoms with Crippen molar-refractivity contribution < 1.29 is 14.3 Å². The quantitative estimate of drug-likeness (QED) is 0.824. The van der Waals surface area contributed by atoms with E-state index in [1.807, 2.05) is 0 Å². The molecule has 1 unspecified atom stereocenters. The minimum atomic E-state index is -1.01. The molecule has 0 radical (unpaired) electrons. The van der Waals surface area contributed by atoms with Crippen LogP contribution in [-0.4, -0.2) is 22.8 Å². The summed E-state index contributed by atoms with van der Waals surface area (Å²) in [4.78, 5) is 23.4. The number of alkyl halides is 2. The van der Waals surface area contributed by atoms with Crippen LogP contribution in [0.15, 0.2) is 18.2 Å². The Labute approximate surface area is 125 Å². The molecule has 2 aliphatic rings. The summed E-state index contributed by atoms with van der Waals surface area (Å²) in [6.45, 7) is 1.71. The highest BCUT2D eigenvalue weighted by molar-refractivity contribution is 6.53. The average Bonchev–Trinajstić information content (AvgIpc) is 2.89. The van der Waals surface area contributed by atoms with E-state index < -0.39 is 9.75 Å². The number of carbonyl (C=O) groups excluding carboxylic acids is 2. The van der Waals surface area contributed by atoms with Crippen molar-refractivity contribution in [1.29, 1.82) is 0 Å². The molecule has 0 bridgehead atoms. The van der Waals surface area contributed by atoms with E-state index >= 15 is 0 Å². The molecule has 1 saturated carbocycles. The lowest BCUT2D eigenvalue weighted by Gasteiger charge is -2.19. The zero-order valence-electron chi connectivity index (χ0n) is 10.6. The van der Waals surface area contributed by atoms with Crippen LogP contribution >= 0.6 is 23.2 Å². The summed E-state index contributed by atoms with van der Waals surface area (Å²) in [7, 11) is 0. The monoisotopic (exact) mass is 314 g/mol. The molecule has 2 N–H and O–H groups in total. The first-order valence-corrected chi connectivity index (χ1v) is 6.83. The van der Waals surface area contributed by atoms with Gasteiger partial charge in [-0.2, -0.15) is 0 Å². The Bertz CT molecular complexity index is 618. The maximum Gasteiger partial charge on any atom is 0.262 e. The molecular formula is C13H12Cl2N2O3. The third-order valence-corrected chi connectivity index (χ3v) is 4.73. The van der Waals surface area contributed by atoms with Gasteiger partial charge < -0.3 is 15.4 Å². The summed E-state index contributed by atoms with van der Waals surface area (Å²) in [5.74, 6) is 0.102. The molecular weight excluding hydrogens is 303 g/mol. The van der Waals surface area contributed by atoms with Gasteiger partial charge in [0.15, 0.2) is 6.61 Å². The van der Waals surface area contributed by atoms with Crippen LogP contribution in [0.1, 0.15) is 13.3 Å². The van der Waals surface area contributed by atoms with Crippen molar-refractivity contribution in [2.45, 2.75) is 17.7 Å². The number of hydrogen-bond donors (Lipinski definition) is 2. The maximum absolute atomic E-state index is 12.1. The number of halogens is 2. The molecule has 2 amide bonds. The van der Waals surface area contributed by atoms with Crippen molar-refractivity contribution in [3.8, 4) is 5.75 Å². The lowest BCUT2D eigenvalue weighted by molar-refractivity contribution is -0.120. The van der Waals surface area contributed by atoms with Crippen molar-refractivity contribution in [1.82, 2.24) is 0 Å². The highest BCUT2D eigenvalue weighted by Crippen LogP contribution is 2.64. The van der Waals surface area contributed by atoms with E-state index in [4.69, 9.17) is 27.9 Å². The molecule has 1 heterocycles. The molecule has 1 fully saturated rings. The number of hydrogen-bond acceptors (Lipinski definition) is 3. The van der Waals surface area contributed by atoms with Crippen LogP contribution in [0.4, 0.5) is 11.4 Å². The first kappa shape index (κ1) is 13.5. The lowest BCUT2D eigenvalue weighted by Crippen LogP contribution is -2.27. The average molecular weight is 315 g/mol. The molecule has 1 aliphatic carbocycles. The Balaban J connectivity index is 1.78. The predicted molar refractivity (Wildman–Crippen MR) is 76.4 cm³/mol. The number of fused-ring (bicyclic) bond motifs is 1. The van der Waals surface area contributed by atoms with Gasteiger partial charge in [-0.05, 0) is 31.5 Å². The van der Waals surface area contributed by atoms with Gasteiger partial charge in [0.1, 0.15) is 10.1 Å². The third-order valence-electron chi connectivity index (χ3n) is 3.63. The zero-order chi connectivity index (χ0) is 14.5. The topological polar surface area (TPSA) is 67.4 Å². The number of amides is 2. The lowest BCUT2D eigenvalue weighted by atomic mass is 10.1. The largest absolute Gasteiger partial charge is 0.482 e. The van der Waals surface area contributed by atoms with Gasteiger partial charge in [-0.25, -0.2) is 0 Å². The summed E-state index contributed by atoms with van der Waals surface area (Å²) in [6, 6.07) is 5.03. The summed E-state index contributed by atoms with van der Waals surface area (Å²) in [5, 5.41) is 5.43. The van der Waals surface area contributed by atoms with Crippen molar-refractivity contribution in [2.75, 3.05) is 17.2 Å². The van der Waals surface area contributed by atoms with Gasteiger partial charge in [0.25, 0.3) is 5.91 Å². The van der Waals surface area contributed by atoms with E-state index in [9.17, 15) is 9.59 Å². The first-order chi connectivity index (χ1) is 9.32. The van der Waals surface area contributed by atoms with E-state index in [-0.39, 0.29) is 18.4 Å². The molecule has 106 valence electrons. The van der Waals surface area contributed by atoms with Crippen molar-refractivity contribution in [2.24, 2.45) is 5.41 Å². The smallest absolute Gasteiger partial charge is 0.262 e. The Kier molecular flexibility index (Phi) is 2.88. The molecule has 1 aromatic rings. The summed E-state index contributed by atoms with van der Waals surface area (Å²) in [5.41, 5.74) is 0.297. The maximum atomic E-state index is 12.1. The van der Waals surface area contributed by atoms with Crippen LogP contribution in [-0.2, 0) is 9.59 Å². The summed E-state index contributed by atoms with van der Waals surface area (Å²) in [6.07, 6.45) is 0.416. The molecule has 1 aliphatic heterocycles. The minimum absolute atomic E-state index is 0.00219. The summed E-state index contributed by atoms with van der Waals surface area (Å²) < 4.78 is 4.23. The van der Waals surface area contributed by atoms with Gasteiger partial charge in [0.05, 0.1) is 11.1 Å². The second-order valence-corrected chi connectivity index (χ2v) is 6.70. The van der Waals surface area contributed by atoms with E-state index in [1.165, 1.54) is 0 Å². The number of carbonyl (C=O) groups is 2. The Morgan fingerprint density at radius 3 is 2.80 bits per heavy atom. The van der Waals surface area contributed by atoms with Gasteiger partial charge in [-0.3, -0.25) is 9.59 Å². The fourth-order valence-corrected chi connectivity index (χ4v) is 2.78. The van der Waals surface area contributed by atoms with Crippen molar-refractivity contribution >= 4 is 46.4 Å². The third kappa shape index (κ3) is 2.11.